The molecule has 0 aromatic carbocycles. The lowest BCUT2D eigenvalue weighted by atomic mass is 10.1. The predicted molar refractivity (Wildman–Crippen MR) is 91.5 cm³/mol. The number of piperidine rings is 1. The molecule has 1 amide bonds. The fraction of sp³-hybridized carbons (Fsp3) is 0.643. The Labute approximate surface area is 145 Å². The lowest BCUT2D eigenvalue weighted by molar-refractivity contribution is -0.385. The molecule has 0 saturated carbocycles. The third kappa shape index (κ3) is 5.13. The molecule has 9 heteroatoms. The molecule has 0 aliphatic carbocycles. The van der Waals surface area contributed by atoms with E-state index in [1.54, 1.807) is 11.8 Å². The molecule has 0 atom stereocenters. The summed E-state index contributed by atoms with van der Waals surface area (Å²) in [6.07, 6.45) is 2.61. The first-order valence-corrected chi connectivity index (χ1v) is 8.20. The second-order valence-corrected chi connectivity index (χ2v) is 6.57. The topological polar surface area (TPSA) is 98.7 Å². The van der Waals surface area contributed by atoms with E-state index in [2.05, 4.69) is 0 Å². The van der Waals surface area contributed by atoms with Crippen molar-refractivity contribution in [3.63, 3.8) is 0 Å². The number of nitro groups is 1. The van der Waals surface area contributed by atoms with E-state index in [4.69, 9.17) is 10.5 Å². The van der Waals surface area contributed by atoms with Gasteiger partial charge in [0.1, 0.15) is 0 Å². The molecule has 130 valence electrons. The quantitative estimate of drug-likeness (QED) is 0.475. The highest BCUT2D eigenvalue weighted by Crippen LogP contribution is 2.29. The number of nitrogens with two attached hydrogens (primary N) is 1. The highest BCUT2D eigenvalue weighted by atomic mass is 35.5. The molecule has 1 aliphatic rings. The zero-order valence-corrected chi connectivity index (χ0v) is 14.7. The van der Waals surface area contributed by atoms with Crippen LogP contribution in [-0.4, -0.2) is 48.1 Å². The molecule has 1 aliphatic heterocycles. The van der Waals surface area contributed by atoms with Gasteiger partial charge in [0.25, 0.3) is 11.6 Å². The molecule has 0 spiro atoms. The number of rotatable bonds is 6. The molecule has 0 unspecified atom stereocenters. The highest BCUT2D eigenvalue weighted by molar-refractivity contribution is 7.14. The second-order valence-electron chi connectivity index (χ2n) is 5.31. The van der Waals surface area contributed by atoms with Crippen LogP contribution >= 0.6 is 23.7 Å². The molecule has 7 nitrogen and oxygen atoms in total. The van der Waals surface area contributed by atoms with Gasteiger partial charge in [0.05, 0.1) is 20.8 Å². The van der Waals surface area contributed by atoms with E-state index in [9.17, 15) is 14.9 Å². The number of nitrogens with zero attached hydrogens (tertiary/aromatic N) is 2. The van der Waals surface area contributed by atoms with Crippen LogP contribution in [0, 0.1) is 17.0 Å². The van der Waals surface area contributed by atoms with E-state index < -0.39 is 4.92 Å². The molecule has 1 saturated heterocycles. The van der Waals surface area contributed by atoms with Gasteiger partial charge in [0.2, 0.25) is 0 Å². The molecule has 2 rings (SSSR count). The number of carbonyl (C=O) groups excluding carboxylic acids is 1. The number of likely N-dealkylation sites (tertiary alicyclic amines) is 1. The largest absolute Gasteiger partial charge is 0.378 e. The summed E-state index contributed by atoms with van der Waals surface area (Å²) in [4.78, 5) is 25.6. The smallest absolute Gasteiger partial charge is 0.283 e. The second kappa shape index (κ2) is 9.17. The monoisotopic (exact) mass is 363 g/mol. The Morgan fingerprint density at radius 1 is 1.52 bits per heavy atom. The van der Waals surface area contributed by atoms with Crippen molar-refractivity contribution in [2.75, 3.05) is 26.2 Å². The Kier molecular flexibility index (Phi) is 7.90. The minimum absolute atomic E-state index is 0. The van der Waals surface area contributed by atoms with Gasteiger partial charge in [-0.05, 0) is 32.7 Å². The van der Waals surface area contributed by atoms with Crippen molar-refractivity contribution in [3.05, 3.63) is 25.9 Å². The SMILES string of the molecule is Cc1sc(C(=O)N2CCC(OCCCN)CC2)cc1[N+](=O)[O-].Cl. The minimum atomic E-state index is -0.444. The number of amides is 1. The summed E-state index contributed by atoms with van der Waals surface area (Å²) in [6, 6.07) is 1.38. The number of carbonyl (C=O) groups is 1. The summed E-state index contributed by atoms with van der Waals surface area (Å²) in [5, 5.41) is 10.9. The maximum atomic E-state index is 12.4. The van der Waals surface area contributed by atoms with Gasteiger partial charge < -0.3 is 15.4 Å². The lowest BCUT2D eigenvalue weighted by Gasteiger charge is -2.31. The Bertz CT molecular complexity index is 544. The zero-order valence-electron chi connectivity index (χ0n) is 13.0. The zero-order chi connectivity index (χ0) is 16.1. The van der Waals surface area contributed by atoms with Gasteiger partial charge in [0, 0.05) is 25.8 Å². The van der Waals surface area contributed by atoms with Crippen LogP contribution in [0.5, 0.6) is 0 Å². The summed E-state index contributed by atoms with van der Waals surface area (Å²) >= 11 is 1.18. The fourth-order valence-electron chi connectivity index (χ4n) is 2.47. The number of hydrogen-bond acceptors (Lipinski definition) is 6. The van der Waals surface area contributed by atoms with Crippen molar-refractivity contribution in [2.45, 2.75) is 32.3 Å². The normalized spacial score (nSPS) is 15.3. The lowest BCUT2D eigenvalue weighted by Crippen LogP contribution is -2.40. The van der Waals surface area contributed by atoms with Gasteiger partial charge in [-0.3, -0.25) is 14.9 Å². The third-order valence-electron chi connectivity index (χ3n) is 3.73. The average Bonchev–Trinajstić information content (AvgIpc) is 2.90. The number of halogens is 1. The summed E-state index contributed by atoms with van der Waals surface area (Å²) in [5.41, 5.74) is 5.45. The van der Waals surface area contributed by atoms with Crippen LogP contribution in [-0.2, 0) is 4.74 Å². The first-order valence-electron chi connectivity index (χ1n) is 7.38. The number of hydrogen-bond donors (Lipinski definition) is 1. The Hall–Kier alpha value is -1.22. The third-order valence-corrected chi connectivity index (χ3v) is 4.76. The van der Waals surface area contributed by atoms with Crippen molar-refractivity contribution in [1.29, 1.82) is 0 Å². The van der Waals surface area contributed by atoms with Crippen molar-refractivity contribution in [2.24, 2.45) is 5.73 Å². The van der Waals surface area contributed by atoms with Crippen LogP contribution in [0.25, 0.3) is 0 Å². The van der Waals surface area contributed by atoms with Crippen molar-refractivity contribution in [1.82, 2.24) is 4.90 Å². The Morgan fingerprint density at radius 2 is 2.17 bits per heavy atom. The van der Waals surface area contributed by atoms with Crippen molar-refractivity contribution in [3.8, 4) is 0 Å². The van der Waals surface area contributed by atoms with Crippen molar-refractivity contribution < 1.29 is 14.5 Å². The molecule has 0 radical (unpaired) electrons. The maximum absolute atomic E-state index is 12.4. The molecule has 23 heavy (non-hydrogen) atoms. The summed E-state index contributed by atoms with van der Waals surface area (Å²) in [5.74, 6) is -0.124. The molecule has 1 fully saturated rings. The molecule has 2 N–H and O–H groups in total. The molecule has 1 aromatic rings. The van der Waals surface area contributed by atoms with Crippen LogP contribution in [0.1, 0.15) is 33.8 Å². The van der Waals surface area contributed by atoms with Gasteiger partial charge in [-0.25, -0.2) is 0 Å². The maximum Gasteiger partial charge on any atom is 0.283 e. The Morgan fingerprint density at radius 3 is 2.70 bits per heavy atom. The van der Waals surface area contributed by atoms with Crippen LogP contribution in [0.15, 0.2) is 6.07 Å². The summed E-state index contributed by atoms with van der Waals surface area (Å²) in [6.45, 7) is 4.18. The summed E-state index contributed by atoms with van der Waals surface area (Å²) in [7, 11) is 0. The van der Waals surface area contributed by atoms with Gasteiger partial charge in [0.15, 0.2) is 0 Å². The molecule has 1 aromatic heterocycles. The van der Waals surface area contributed by atoms with E-state index in [1.165, 1.54) is 17.4 Å². The molecule has 0 bridgehead atoms. The number of aryl methyl sites for hydroxylation is 1. The molecular formula is C14H22ClN3O4S. The standard InChI is InChI=1S/C14H21N3O4S.ClH/c1-10-12(17(19)20)9-13(22-10)14(18)16-6-3-11(4-7-16)21-8-2-5-15;/h9,11H,2-8,15H2,1H3;1H. The van der Waals surface area contributed by atoms with Gasteiger partial charge in [-0.15, -0.1) is 23.7 Å². The summed E-state index contributed by atoms with van der Waals surface area (Å²) < 4.78 is 5.71. The molecular weight excluding hydrogens is 342 g/mol. The van der Waals surface area contributed by atoms with Gasteiger partial charge >= 0.3 is 0 Å². The van der Waals surface area contributed by atoms with Gasteiger partial charge in [-0.2, -0.15) is 0 Å². The van der Waals surface area contributed by atoms with Crippen LogP contribution in [0.3, 0.4) is 0 Å². The first kappa shape index (κ1) is 19.8. The number of thiophene rings is 1. The van der Waals surface area contributed by atoms with Crippen LogP contribution in [0.2, 0.25) is 0 Å². The minimum Gasteiger partial charge on any atom is -0.378 e. The highest BCUT2D eigenvalue weighted by Gasteiger charge is 2.27. The predicted octanol–water partition coefficient (Wildman–Crippen LogP) is 2.36. The van der Waals surface area contributed by atoms with E-state index in [-0.39, 0.29) is 30.1 Å². The van der Waals surface area contributed by atoms with E-state index in [1.807, 2.05) is 0 Å². The van der Waals surface area contributed by atoms with E-state index in [0.717, 1.165) is 19.3 Å². The molecule has 2 heterocycles. The van der Waals surface area contributed by atoms with E-state index >= 15 is 0 Å². The average molecular weight is 364 g/mol. The van der Waals surface area contributed by atoms with Gasteiger partial charge in [-0.1, -0.05) is 0 Å². The fourth-order valence-corrected chi connectivity index (χ4v) is 3.43. The Balaban J connectivity index is 0.00000264. The first-order chi connectivity index (χ1) is 10.5. The van der Waals surface area contributed by atoms with Crippen molar-refractivity contribution >= 4 is 35.3 Å². The number of ether oxygens (including phenoxy) is 1. The van der Waals surface area contributed by atoms with Crippen LogP contribution in [0.4, 0.5) is 5.69 Å². The van der Waals surface area contributed by atoms with E-state index in [0.29, 0.717) is 36.0 Å². The van der Waals surface area contributed by atoms with Crippen LogP contribution < -0.4 is 5.73 Å².